The van der Waals surface area contributed by atoms with Gasteiger partial charge in [-0.2, -0.15) is 0 Å². The van der Waals surface area contributed by atoms with Gasteiger partial charge in [-0.3, -0.25) is 0 Å². The lowest BCUT2D eigenvalue weighted by atomic mass is 10.1. The first-order valence-electron chi connectivity index (χ1n) is 5.31. The summed E-state index contributed by atoms with van der Waals surface area (Å²) in [6.45, 7) is 6.77. The van der Waals surface area contributed by atoms with Gasteiger partial charge in [-0.25, -0.2) is 4.79 Å². The van der Waals surface area contributed by atoms with Crippen molar-refractivity contribution in [3.8, 4) is 0 Å². The maximum atomic E-state index is 10.7. The van der Waals surface area contributed by atoms with Crippen LogP contribution in [0.5, 0.6) is 0 Å². The lowest BCUT2D eigenvalue weighted by Gasteiger charge is -2.16. The van der Waals surface area contributed by atoms with Gasteiger partial charge in [-0.15, -0.1) is 19.0 Å². The fourth-order valence-corrected chi connectivity index (χ4v) is 1.33. The Morgan fingerprint density at radius 1 is 1.33 bits per heavy atom. The van der Waals surface area contributed by atoms with Crippen LogP contribution in [0.1, 0.15) is 39.0 Å². The molecule has 1 N–H and O–H groups in total. The second-order valence-corrected chi connectivity index (χ2v) is 3.43. The number of amides is 1. The summed E-state index contributed by atoms with van der Waals surface area (Å²) in [5, 5.41) is 8.79. The number of nitrogens with zero attached hydrogens (tertiary/aromatic N) is 1. The number of halogens is 1. The highest BCUT2D eigenvalue weighted by Gasteiger charge is 2.07. The highest BCUT2D eigenvalue weighted by Crippen LogP contribution is 2.04. The molecular formula is C11H22ClNO2. The molecule has 0 aromatic rings. The van der Waals surface area contributed by atoms with Crippen molar-refractivity contribution in [1.82, 2.24) is 4.90 Å². The average molecular weight is 236 g/mol. The monoisotopic (exact) mass is 235 g/mol. The second-order valence-electron chi connectivity index (χ2n) is 3.43. The molecule has 0 aromatic carbocycles. The first kappa shape index (κ1) is 16.7. The normalized spacial score (nSPS) is 9.13. The molecule has 0 aliphatic carbocycles. The van der Waals surface area contributed by atoms with Gasteiger partial charge in [-0.05, 0) is 6.42 Å². The van der Waals surface area contributed by atoms with Crippen molar-refractivity contribution in [3.63, 3.8) is 0 Å². The SMILES string of the molecule is C=CCN(CCCCCCC)C(=O)O.Cl. The molecule has 0 spiro atoms. The molecule has 0 atom stereocenters. The molecule has 0 aliphatic heterocycles. The molecule has 0 unspecified atom stereocenters. The van der Waals surface area contributed by atoms with E-state index in [-0.39, 0.29) is 12.4 Å². The molecule has 0 saturated carbocycles. The van der Waals surface area contributed by atoms with E-state index in [2.05, 4.69) is 13.5 Å². The highest BCUT2D eigenvalue weighted by atomic mass is 35.5. The molecule has 0 radical (unpaired) electrons. The van der Waals surface area contributed by atoms with E-state index in [1.165, 1.54) is 24.2 Å². The lowest BCUT2D eigenvalue weighted by molar-refractivity contribution is 0.149. The molecule has 3 nitrogen and oxygen atoms in total. The summed E-state index contributed by atoms with van der Waals surface area (Å²) < 4.78 is 0. The van der Waals surface area contributed by atoms with E-state index in [0.29, 0.717) is 13.1 Å². The number of hydrogen-bond donors (Lipinski definition) is 1. The Labute approximate surface area is 98.6 Å². The Balaban J connectivity index is 0. The molecule has 0 bridgehead atoms. The number of hydrogen-bond acceptors (Lipinski definition) is 1. The maximum absolute atomic E-state index is 10.7. The smallest absolute Gasteiger partial charge is 0.407 e. The second kappa shape index (κ2) is 11.4. The van der Waals surface area contributed by atoms with Gasteiger partial charge in [0.05, 0.1) is 0 Å². The van der Waals surface area contributed by atoms with Gasteiger partial charge < -0.3 is 10.0 Å². The Morgan fingerprint density at radius 2 is 1.93 bits per heavy atom. The maximum Gasteiger partial charge on any atom is 0.407 e. The van der Waals surface area contributed by atoms with Crippen molar-refractivity contribution in [2.24, 2.45) is 0 Å². The Morgan fingerprint density at radius 3 is 2.40 bits per heavy atom. The molecule has 15 heavy (non-hydrogen) atoms. The summed E-state index contributed by atoms with van der Waals surface area (Å²) in [6, 6.07) is 0. The Kier molecular flexibility index (Phi) is 12.7. The van der Waals surface area contributed by atoms with E-state index in [0.717, 1.165) is 12.8 Å². The van der Waals surface area contributed by atoms with Gasteiger partial charge in [0.1, 0.15) is 0 Å². The van der Waals surface area contributed by atoms with Crippen LogP contribution in [0, 0.1) is 0 Å². The van der Waals surface area contributed by atoms with Crippen LogP contribution in [0.15, 0.2) is 12.7 Å². The van der Waals surface area contributed by atoms with Crippen molar-refractivity contribution in [3.05, 3.63) is 12.7 Å². The molecule has 0 aromatic heterocycles. The van der Waals surface area contributed by atoms with Crippen LogP contribution >= 0.6 is 12.4 Å². The standard InChI is InChI=1S/C11H21NO2.ClH/c1-3-5-6-7-8-10-12(9-4-2)11(13)14;/h4H,2-3,5-10H2,1H3,(H,13,14);1H. The fraction of sp³-hybridized carbons (Fsp3) is 0.727. The molecule has 0 heterocycles. The van der Waals surface area contributed by atoms with Gasteiger partial charge in [0, 0.05) is 13.1 Å². The molecule has 0 fully saturated rings. The Hall–Kier alpha value is -0.700. The van der Waals surface area contributed by atoms with Gasteiger partial charge in [0.2, 0.25) is 0 Å². The Bertz CT molecular complexity index is 174. The van der Waals surface area contributed by atoms with E-state index in [1.807, 2.05) is 0 Å². The quantitative estimate of drug-likeness (QED) is 0.516. The van der Waals surface area contributed by atoms with Crippen LogP contribution in [-0.4, -0.2) is 29.2 Å². The summed E-state index contributed by atoms with van der Waals surface area (Å²) in [6.07, 6.45) is 6.53. The molecule has 90 valence electrons. The van der Waals surface area contributed by atoms with Crippen LogP contribution in [0.3, 0.4) is 0 Å². The number of carbonyl (C=O) groups is 1. The van der Waals surface area contributed by atoms with Crippen molar-refractivity contribution >= 4 is 18.5 Å². The summed E-state index contributed by atoms with van der Waals surface area (Å²) in [4.78, 5) is 12.1. The minimum Gasteiger partial charge on any atom is -0.465 e. The minimum absolute atomic E-state index is 0. The van der Waals surface area contributed by atoms with Crippen LogP contribution in [-0.2, 0) is 0 Å². The van der Waals surface area contributed by atoms with Gasteiger partial charge in [-0.1, -0.05) is 38.7 Å². The third-order valence-electron chi connectivity index (χ3n) is 2.15. The lowest BCUT2D eigenvalue weighted by Crippen LogP contribution is -2.30. The van der Waals surface area contributed by atoms with Gasteiger partial charge >= 0.3 is 6.09 Å². The molecule has 4 heteroatoms. The summed E-state index contributed by atoms with van der Waals surface area (Å²) >= 11 is 0. The predicted molar refractivity (Wildman–Crippen MR) is 65.8 cm³/mol. The molecular weight excluding hydrogens is 214 g/mol. The first-order valence-corrected chi connectivity index (χ1v) is 5.31. The first-order chi connectivity index (χ1) is 6.72. The van der Waals surface area contributed by atoms with E-state index >= 15 is 0 Å². The summed E-state index contributed by atoms with van der Waals surface area (Å²) in [5.74, 6) is 0. The molecule has 0 saturated heterocycles. The van der Waals surface area contributed by atoms with Gasteiger partial charge in [0.15, 0.2) is 0 Å². The van der Waals surface area contributed by atoms with E-state index in [4.69, 9.17) is 5.11 Å². The zero-order valence-electron chi connectivity index (χ0n) is 9.45. The van der Waals surface area contributed by atoms with Crippen LogP contribution < -0.4 is 0 Å². The van der Waals surface area contributed by atoms with Crippen molar-refractivity contribution in [2.75, 3.05) is 13.1 Å². The van der Waals surface area contributed by atoms with E-state index in [1.54, 1.807) is 6.08 Å². The van der Waals surface area contributed by atoms with Crippen molar-refractivity contribution < 1.29 is 9.90 Å². The summed E-state index contributed by atoms with van der Waals surface area (Å²) in [5.41, 5.74) is 0. The van der Waals surface area contributed by atoms with Crippen LogP contribution in [0.2, 0.25) is 0 Å². The third-order valence-corrected chi connectivity index (χ3v) is 2.15. The highest BCUT2D eigenvalue weighted by molar-refractivity contribution is 5.85. The van der Waals surface area contributed by atoms with Crippen LogP contribution in [0.25, 0.3) is 0 Å². The number of rotatable bonds is 8. The minimum atomic E-state index is -0.847. The van der Waals surface area contributed by atoms with E-state index < -0.39 is 6.09 Å². The topological polar surface area (TPSA) is 40.5 Å². The predicted octanol–water partition coefficient (Wildman–Crippen LogP) is 3.54. The molecule has 0 aliphatic rings. The average Bonchev–Trinajstić information content (AvgIpc) is 2.15. The zero-order valence-corrected chi connectivity index (χ0v) is 10.3. The summed E-state index contributed by atoms with van der Waals surface area (Å²) in [7, 11) is 0. The van der Waals surface area contributed by atoms with Crippen LogP contribution in [0.4, 0.5) is 4.79 Å². The van der Waals surface area contributed by atoms with Crippen molar-refractivity contribution in [2.45, 2.75) is 39.0 Å². The molecule has 1 amide bonds. The number of unbranched alkanes of at least 4 members (excludes halogenated alkanes) is 4. The third kappa shape index (κ3) is 9.60. The van der Waals surface area contributed by atoms with Gasteiger partial charge in [0.25, 0.3) is 0 Å². The number of carboxylic acid groups (broad SMARTS) is 1. The fourth-order valence-electron chi connectivity index (χ4n) is 1.33. The van der Waals surface area contributed by atoms with Crippen molar-refractivity contribution in [1.29, 1.82) is 0 Å². The largest absolute Gasteiger partial charge is 0.465 e. The molecule has 0 rings (SSSR count). The zero-order chi connectivity index (χ0) is 10.8. The van der Waals surface area contributed by atoms with E-state index in [9.17, 15) is 4.79 Å².